The molecule has 5 heteroatoms. The Morgan fingerprint density at radius 2 is 1.83 bits per heavy atom. The van der Waals surface area contributed by atoms with Crippen molar-refractivity contribution in [2.75, 3.05) is 5.32 Å². The Morgan fingerprint density at radius 1 is 1.13 bits per heavy atom. The highest BCUT2D eigenvalue weighted by atomic mass is 35.5. The number of amides is 1. The zero-order chi connectivity index (χ0) is 16.4. The first kappa shape index (κ1) is 16.0. The molecule has 0 saturated carbocycles. The van der Waals surface area contributed by atoms with Gasteiger partial charge in [0.15, 0.2) is 5.13 Å². The van der Waals surface area contributed by atoms with Crippen molar-refractivity contribution in [3.05, 3.63) is 59.1 Å². The number of nitrogens with zero attached hydrogens (tertiary/aromatic N) is 1. The summed E-state index contributed by atoms with van der Waals surface area (Å²) in [6.45, 7) is 4.08. The van der Waals surface area contributed by atoms with E-state index < -0.39 is 0 Å². The summed E-state index contributed by atoms with van der Waals surface area (Å²) in [4.78, 5) is 17.2. The van der Waals surface area contributed by atoms with Crippen LogP contribution in [0.3, 0.4) is 0 Å². The third-order valence-electron chi connectivity index (χ3n) is 3.70. The van der Waals surface area contributed by atoms with E-state index in [-0.39, 0.29) is 17.7 Å². The summed E-state index contributed by atoms with van der Waals surface area (Å²) in [7, 11) is 0. The molecule has 0 fully saturated rings. The standard InChI is InChI=1S/C18H17ClN2OS/c1-11(2)16(12-7-9-13(19)10-8-12)17(22)21-18-20-14-5-3-4-6-15(14)23-18/h3-11,16H,1-2H3,(H,20,21,22)/t16-/m0/s1. The molecule has 118 valence electrons. The molecule has 0 unspecified atom stereocenters. The predicted octanol–water partition coefficient (Wildman–Crippen LogP) is 5.33. The van der Waals surface area contributed by atoms with Gasteiger partial charge in [-0.25, -0.2) is 4.98 Å². The number of carbonyl (C=O) groups is 1. The van der Waals surface area contributed by atoms with Gasteiger partial charge in [-0.05, 0) is 35.7 Å². The van der Waals surface area contributed by atoms with Gasteiger partial charge in [0.05, 0.1) is 16.1 Å². The van der Waals surface area contributed by atoms with Gasteiger partial charge in [-0.2, -0.15) is 0 Å². The Balaban J connectivity index is 1.85. The third kappa shape index (κ3) is 3.54. The Bertz CT molecular complexity index is 793. The quantitative estimate of drug-likeness (QED) is 0.695. The predicted molar refractivity (Wildman–Crippen MR) is 97.3 cm³/mol. The van der Waals surface area contributed by atoms with Crippen molar-refractivity contribution in [3.63, 3.8) is 0 Å². The van der Waals surface area contributed by atoms with Crippen LogP contribution in [0.5, 0.6) is 0 Å². The highest BCUT2D eigenvalue weighted by Crippen LogP contribution is 2.30. The van der Waals surface area contributed by atoms with Crippen molar-refractivity contribution in [3.8, 4) is 0 Å². The molecule has 0 radical (unpaired) electrons. The van der Waals surface area contributed by atoms with Gasteiger partial charge in [-0.15, -0.1) is 0 Å². The number of carbonyl (C=O) groups excluding carboxylic acids is 1. The molecule has 0 aliphatic heterocycles. The zero-order valence-electron chi connectivity index (χ0n) is 12.9. The van der Waals surface area contributed by atoms with Crippen LogP contribution in [0.1, 0.15) is 25.3 Å². The van der Waals surface area contributed by atoms with Gasteiger partial charge in [0.1, 0.15) is 0 Å². The van der Waals surface area contributed by atoms with E-state index in [9.17, 15) is 4.79 Å². The van der Waals surface area contributed by atoms with E-state index in [0.29, 0.717) is 10.2 Å². The molecule has 3 rings (SSSR count). The van der Waals surface area contributed by atoms with Crippen LogP contribution >= 0.6 is 22.9 Å². The van der Waals surface area contributed by atoms with E-state index in [0.717, 1.165) is 15.8 Å². The van der Waals surface area contributed by atoms with Gasteiger partial charge in [0.25, 0.3) is 0 Å². The number of fused-ring (bicyclic) bond motifs is 1. The second-order valence-corrected chi connectivity index (χ2v) is 7.22. The first-order chi connectivity index (χ1) is 11.0. The van der Waals surface area contributed by atoms with Gasteiger partial charge in [0.2, 0.25) is 5.91 Å². The molecule has 0 bridgehead atoms. The lowest BCUT2D eigenvalue weighted by atomic mass is 9.88. The van der Waals surface area contributed by atoms with Crippen LogP contribution in [0.15, 0.2) is 48.5 Å². The van der Waals surface area contributed by atoms with Crippen LogP contribution in [0.4, 0.5) is 5.13 Å². The summed E-state index contributed by atoms with van der Waals surface area (Å²) in [5.41, 5.74) is 1.86. The van der Waals surface area contributed by atoms with E-state index in [1.165, 1.54) is 11.3 Å². The number of rotatable bonds is 4. The van der Waals surface area contributed by atoms with Crippen molar-refractivity contribution in [2.45, 2.75) is 19.8 Å². The molecule has 2 aromatic carbocycles. The number of hydrogen-bond acceptors (Lipinski definition) is 3. The van der Waals surface area contributed by atoms with Crippen LogP contribution in [0.2, 0.25) is 5.02 Å². The lowest BCUT2D eigenvalue weighted by molar-refractivity contribution is -0.118. The number of halogens is 1. The average molecular weight is 345 g/mol. The molecule has 3 nitrogen and oxygen atoms in total. The van der Waals surface area contributed by atoms with Crippen molar-refractivity contribution < 1.29 is 4.79 Å². The Morgan fingerprint density at radius 3 is 2.48 bits per heavy atom. The maximum absolute atomic E-state index is 12.7. The number of aromatic nitrogens is 1. The summed E-state index contributed by atoms with van der Waals surface area (Å²) in [5, 5.41) is 4.27. The number of benzene rings is 2. The first-order valence-corrected chi connectivity index (χ1v) is 8.66. The van der Waals surface area contributed by atoms with Crippen LogP contribution in [-0.4, -0.2) is 10.9 Å². The Labute approximate surface area is 144 Å². The summed E-state index contributed by atoms with van der Waals surface area (Å²) in [6, 6.07) is 15.3. The normalized spacial score (nSPS) is 12.5. The van der Waals surface area contributed by atoms with Gasteiger partial charge in [0, 0.05) is 5.02 Å². The minimum Gasteiger partial charge on any atom is -0.301 e. The number of para-hydroxylation sites is 1. The van der Waals surface area contributed by atoms with E-state index >= 15 is 0 Å². The van der Waals surface area contributed by atoms with Gasteiger partial charge >= 0.3 is 0 Å². The van der Waals surface area contributed by atoms with Crippen molar-refractivity contribution >= 4 is 44.2 Å². The molecule has 23 heavy (non-hydrogen) atoms. The van der Waals surface area contributed by atoms with Crippen LogP contribution in [-0.2, 0) is 4.79 Å². The van der Waals surface area contributed by atoms with E-state index in [2.05, 4.69) is 10.3 Å². The molecule has 1 N–H and O–H groups in total. The highest BCUT2D eigenvalue weighted by Gasteiger charge is 2.25. The minimum atomic E-state index is -0.237. The topological polar surface area (TPSA) is 42.0 Å². The second-order valence-electron chi connectivity index (χ2n) is 5.75. The molecule has 1 atom stereocenters. The average Bonchev–Trinajstić information content (AvgIpc) is 2.91. The summed E-state index contributed by atoms with van der Waals surface area (Å²) in [5.74, 6) is -0.105. The maximum Gasteiger partial charge on any atom is 0.233 e. The van der Waals surface area contributed by atoms with Crippen LogP contribution in [0.25, 0.3) is 10.2 Å². The maximum atomic E-state index is 12.7. The van der Waals surface area contributed by atoms with Crippen LogP contribution < -0.4 is 5.32 Å². The SMILES string of the molecule is CC(C)[C@H](C(=O)Nc1nc2ccccc2s1)c1ccc(Cl)cc1. The molecular formula is C18H17ClN2OS. The lowest BCUT2D eigenvalue weighted by Gasteiger charge is -2.20. The third-order valence-corrected chi connectivity index (χ3v) is 4.91. The first-order valence-electron chi connectivity index (χ1n) is 7.46. The molecule has 0 aliphatic rings. The van der Waals surface area contributed by atoms with E-state index in [4.69, 9.17) is 11.6 Å². The Hall–Kier alpha value is -1.91. The van der Waals surface area contributed by atoms with E-state index in [1.54, 1.807) is 0 Å². The highest BCUT2D eigenvalue weighted by molar-refractivity contribution is 7.22. The molecule has 1 amide bonds. The van der Waals surface area contributed by atoms with Gasteiger partial charge in [-0.3, -0.25) is 4.79 Å². The number of anilines is 1. The fourth-order valence-corrected chi connectivity index (χ4v) is 3.61. The summed E-state index contributed by atoms with van der Waals surface area (Å²) < 4.78 is 1.07. The molecule has 1 aromatic heterocycles. The zero-order valence-corrected chi connectivity index (χ0v) is 14.5. The molecular weight excluding hydrogens is 328 g/mol. The fourth-order valence-electron chi connectivity index (χ4n) is 2.62. The molecule has 1 heterocycles. The fraction of sp³-hybridized carbons (Fsp3) is 0.222. The molecule has 0 saturated heterocycles. The van der Waals surface area contributed by atoms with E-state index in [1.807, 2.05) is 62.4 Å². The summed E-state index contributed by atoms with van der Waals surface area (Å²) in [6.07, 6.45) is 0. The number of thiazole rings is 1. The number of hydrogen-bond donors (Lipinski definition) is 1. The van der Waals surface area contributed by atoms with Crippen molar-refractivity contribution in [1.82, 2.24) is 4.98 Å². The van der Waals surface area contributed by atoms with Crippen LogP contribution in [0, 0.1) is 5.92 Å². The second kappa shape index (κ2) is 6.69. The largest absolute Gasteiger partial charge is 0.301 e. The molecule has 0 spiro atoms. The summed E-state index contributed by atoms with van der Waals surface area (Å²) >= 11 is 7.43. The Kier molecular flexibility index (Phi) is 4.64. The number of nitrogens with one attached hydrogen (secondary N) is 1. The van der Waals surface area contributed by atoms with Crippen molar-refractivity contribution in [2.24, 2.45) is 5.92 Å². The van der Waals surface area contributed by atoms with Crippen molar-refractivity contribution in [1.29, 1.82) is 0 Å². The van der Waals surface area contributed by atoms with Gasteiger partial charge in [-0.1, -0.05) is 61.1 Å². The minimum absolute atomic E-state index is 0.0404. The van der Waals surface area contributed by atoms with Gasteiger partial charge < -0.3 is 5.32 Å². The molecule has 3 aromatic rings. The molecule has 0 aliphatic carbocycles. The smallest absolute Gasteiger partial charge is 0.233 e. The lowest BCUT2D eigenvalue weighted by Crippen LogP contribution is -2.25. The monoisotopic (exact) mass is 344 g/mol.